The number of rotatable bonds is 11. The fourth-order valence-corrected chi connectivity index (χ4v) is 4.84. The Morgan fingerprint density at radius 3 is 2.29 bits per heavy atom. The number of carbonyl (C=O) groups is 2. The van der Waals surface area contributed by atoms with Gasteiger partial charge in [-0.05, 0) is 49.7 Å². The normalized spacial score (nSPS) is 10.9. The first-order chi connectivity index (χ1) is 21.3. The maximum atomic E-state index is 12.8. The second-order valence-corrected chi connectivity index (χ2v) is 10.9. The van der Waals surface area contributed by atoms with Crippen LogP contribution in [0.4, 0.5) is 22.0 Å². The number of aromatic nitrogens is 1. The highest BCUT2D eigenvalue weighted by atomic mass is 32.1. The van der Waals surface area contributed by atoms with Crippen molar-refractivity contribution in [2.45, 2.75) is 32.6 Å². The van der Waals surface area contributed by atoms with Crippen molar-refractivity contribution in [3.8, 4) is 5.75 Å². The third-order valence-corrected chi connectivity index (χ3v) is 7.18. The van der Waals surface area contributed by atoms with E-state index in [-0.39, 0.29) is 17.6 Å². The summed E-state index contributed by atoms with van der Waals surface area (Å²) in [6.07, 6.45) is -3.77. The average Bonchev–Trinajstić information content (AvgIpc) is 3.42. The number of methoxy groups -OCH3 is 1. The number of alkyl halides is 3. The van der Waals surface area contributed by atoms with Gasteiger partial charge in [-0.2, -0.15) is 13.2 Å². The molecule has 0 aliphatic carbocycles. The lowest BCUT2D eigenvalue weighted by molar-refractivity contribution is -0.137. The Labute approximate surface area is 262 Å². The van der Waals surface area contributed by atoms with E-state index in [4.69, 9.17) is 0 Å². The monoisotopic (exact) mass is 648 g/mol. The van der Waals surface area contributed by atoms with Crippen LogP contribution in [0.25, 0.3) is 0 Å². The molecule has 1 aromatic heterocycles. The number of aryl methyl sites for hydroxylation is 1. The number of ether oxygens (including phenoxy) is 1. The molecule has 2 amide bonds. The molecule has 3 aromatic carbocycles. The Bertz CT molecular complexity index is 1560. The number of hydrogen-bond acceptors (Lipinski definition) is 6. The lowest BCUT2D eigenvalue weighted by Gasteiger charge is -2.16. The summed E-state index contributed by atoms with van der Waals surface area (Å²) < 4.78 is 67.5. The lowest BCUT2D eigenvalue weighted by Crippen LogP contribution is -2.28. The van der Waals surface area contributed by atoms with E-state index < -0.39 is 23.4 Å². The van der Waals surface area contributed by atoms with E-state index in [2.05, 4.69) is 20.4 Å². The molecule has 4 aromatic rings. The highest BCUT2D eigenvalue weighted by Crippen LogP contribution is 2.29. The first kappa shape index (κ1) is 35.1. The zero-order valence-corrected chi connectivity index (χ0v) is 25.7. The maximum absolute atomic E-state index is 12.8. The third-order valence-electron chi connectivity index (χ3n) is 6.23. The average molecular weight is 649 g/mol. The molecule has 1 heterocycles. The van der Waals surface area contributed by atoms with Crippen molar-refractivity contribution in [1.82, 2.24) is 20.5 Å². The number of thiazole rings is 1. The molecule has 0 bridgehead atoms. The van der Waals surface area contributed by atoms with Gasteiger partial charge in [0.1, 0.15) is 22.4 Å². The van der Waals surface area contributed by atoms with Crippen LogP contribution in [0.1, 0.15) is 49.0 Å². The number of nitrogens with one attached hydrogen (secondary N) is 2. The first-order valence-electron chi connectivity index (χ1n) is 13.8. The van der Waals surface area contributed by atoms with Gasteiger partial charge in [-0.25, -0.2) is 13.8 Å². The molecule has 0 unspecified atom stereocenters. The molecule has 4 rings (SSSR count). The quantitative estimate of drug-likeness (QED) is 0.141. The van der Waals surface area contributed by atoms with Crippen LogP contribution < -0.4 is 15.4 Å². The number of nitrogens with zero attached hydrogens (tertiary/aromatic N) is 2. The summed E-state index contributed by atoms with van der Waals surface area (Å²) >= 11 is 1.49. The minimum absolute atomic E-state index is 0.192. The van der Waals surface area contributed by atoms with Gasteiger partial charge in [-0.15, -0.1) is 11.3 Å². The van der Waals surface area contributed by atoms with Gasteiger partial charge >= 0.3 is 6.18 Å². The molecule has 0 fully saturated rings. The zero-order chi connectivity index (χ0) is 33.0. The van der Waals surface area contributed by atoms with E-state index in [1.807, 2.05) is 12.3 Å². The van der Waals surface area contributed by atoms with Gasteiger partial charge in [-0.3, -0.25) is 9.59 Å². The number of benzene rings is 3. The molecule has 0 saturated heterocycles. The van der Waals surface area contributed by atoms with Crippen LogP contribution in [0.5, 0.6) is 5.75 Å². The first-order valence-corrected chi connectivity index (χ1v) is 14.7. The molecular formula is C32H33F5N4O3S. The van der Waals surface area contributed by atoms with E-state index >= 15 is 0 Å². The highest BCUT2D eigenvalue weighted by Gasteiger charge is 2.30. The van der Waals surface area contributed by atoms with E-state index in [1.165, 1.54) is 24.5 Å². The number of hydrogen-bond donors (Lipinski definition) is 2. The SMILES string of the molecule is COc1cc(F)cc(F)c1.Cc1csc(CN(C)C(=O)c2cccc(C(=O)NCCCNCc3cccc(C(F)(F)F)c3)c2)n1. The van der Waals surface area contributed by atoms with Crippen LogP contribution in [-0.2, 0) is 19.3 Å². The van der Waals surface area contributed by atoms with E-state index in [0.29, 0.717) is 49.3 Å². The van der Waals surface area contributed by atoms with Crippen LogP contribution in [0.3, 0.4) is 0 Å². The zero-order valence-electron chi connectivity index (χ0n) is 24.9. The van der Waals surface area contributed by atoms with Gasteiger partial charge in [0.2, 0.25) is 0 Å². The van der Waals surface area contributed by atoms with Crippen molar-refractivity contribution < 1.29 is 36.3 Å². The second kappa shape index (κ2) is 16.6. The van der Waals surface area contributed by atoms with Crippen LogP contribution in [-0.4, -0.2) is 48.9 Å². The predicted molar refractivity (Wildman–Crippen MR) is 162 cm³/mol. The molecule has 13 heteroatoms. The van der Waals surface area contributed by atoms with Gasteiger partial charge in [-0.1, -0.05) is 24.3 Å². The lowest BCUT2D eigenvalue weighted by atomic mass is 10.1. The van der Waals surface area contributed by atoms with Crippen molar-refractivity contribution in [1.29, 1.82) is 0 Å². The summed E-state index contributed by atoms with van der Waals surface area (Å²) in [5, 5.41) is 8.65. The van der Waals surface area contributed by atoms with Crippen molar-refractivity contribution in [2.24, 2.45) is 0 Å². The minimum atomic E-state index is -4.36. The summed E-state index contributed by atoms with van der Waals surface area (Å²) in [5.41, 5.74) is 1.58. The Hall–Kier alpha value is -4.36. The standard InChI is InChI=1S/C25H27F3N4O2S.C7H6F2O/c1-17-16-35-22(31-17)15-32(2)24(34)20-8-4-7-19(13-20)23(33)30-11-5-10-29-14-18-6-3-9-21(12-18)25(26,27)28;1-10-7-3-5(8)2-6(9)4-7/h3-4,6-9,12-13,16,29H,5,10-11,14-15H2,1-2H3,(H,30,33);2-4H,1H3. The Kier molecular flexibility index (Phi) is 13.0. The summed E-state index contributed by atoms with van der Waals surface area (Å²) in [7, 11) is 3.05. The fourth-order valence-electron chi connectivity index (χ4n) is 4.02. The maximum Gasteiger partial charge on any atom is 0.416 e. The van der Waals surface area contributed by atoms with E-state index in [0.717, 1.165) is 41.0 Å². The summed E-state index contributed by atoms with van der Waals surface area (Å²) in [5.74, 6) is -1.56. The van der Waals surface area contributed by atoms with Crippen molar-refractivity contribution in [3.05, 3.63) is 117 Å². The topological polar surface area (TPSA) is 83.6 Å². The molecule has 0 aliphatic heterocycles. The van der Waals surface area contributed by atoms with Crippen LogP contribution >= 0.6 is 11.3 Å². The molecular weight excluding hydrogens is 615 g/mol. The number of halogens is 5. The molecule has 0 radical (unpaired) electrons. The van der Waals surface area contributed by atoms with Crippen LogP contribution in [0, 0.1) is 18.6 Å². The highest BCUT2D eigenvalue weighted by molar-refractivity contribution is 7.09. The smallest absolute Gasteiger partial charge is 0.416 e. The minimum Gasteiger partial charge on any atom is -0.497 e. The van der Waals surface area contributed by atoms with Gasteiger partial charge in [0.15, 0.2) is 0 Å². The third kappa shape index (κ3) is 11.6. The molecule has 45 heavy (non-hydrogen) atoms. The van der Waals surface area contributed by atoms with Gasteiger partial charge in [0, 0.05) is 60.5 Å². The Morgan fingerprint density at radius 1 is 0.956 bits per heavy atom. The molecule has 0 spiro atoms. The Morgan fingerprint density at radius 2 is 1.64 bits per heavy atom. The molecule has 240 valence electrons. The van der Waals surface area contributed by atoms with E-state index in [9.17, 15) is 31.5 Å². The van der Waals surface area contributed by atoms with Crippen LogP contribution in [0.2, 0.25) is 0 Å². The molecule has 2 N–H and O–H groups in total. The summed E-state index contributed by atoms with van der Waals surface area (Å²) in [6, 6.07) is 14.7. The van der Waals surface area contributed by atoms with Crippen molar-refractivity contribution >= 4 is 23.2 Å². The van der Waals surface area contributed by atoms with Gasteiger partial charge in [0.05, 0.1) is 19.2 Å². The van der Waals surface area contributed by atoms with Crippen molar-refractivity contribution in [2.75, 3.05) is 27.2 Å². The molecule has 0 aliphatic rings. The number of amides is 2. The summed E-state index contributed by atoms with van der Waals surface area (Å²) in [4.78, 5) is 31.2. The molecule has 7 nitrogen and oxygen atoms in total. The Balaban J connectivity index is 0.000000468. The summed E-state index contributed by atoms with van der Waals surface area (Å²) in [6.45, 7) is 3.50. The molecule has 0 atom stereocenters. The fraction of sp³-hybridized carbons (Fsp3) is 0.281. The van der Waals surface area contributed by atoms with E-state index in [1.54, 1.807) is 42.3 Å². The molecule has 0 saturated carbocycles. The van der Waals surface area contributed by atoms with Gasteiger partial charge < -0.3 is 20.3 Å². The van der Waals surface area contributed by atoms with Crippen LogP contribution in [0.15, 0.2) is 72.1 Å². The number of carbonyl (C=O) groups excluding carboxylic acids is 2. The second-order valence-electron chi connectivity index (χ2n) is 9.92. The largest absolute Gasteiger partial charge is 0.497 e. The van der Waals surface area contributed by atoms with Crippen molar-refractivity contribution in [3.63, 3.8) is 0 Å². The predicted octanol–water partition coefficient (Wildman–Crippen LogP) is 6.63. The van der Waals surface area contributed by atoms with Gasteiger partial charge in [0.25, 0.3) is 11.8 Å².